The summed E-state index contributed by atoms with van der Waals surface area (Å²) in [5, 5.41) is 0. The Morgan fingerprint density at radius 1 is 0.741 bits per heavy atom. The summed E-state index contributed by atoms with van der Waals surface area (Å²) in [6.45, 7) is 0. The van der Waals surface area contributed by atoms with Gasteiger partial charge in [0.15, 0.2) is 11.6 Å². The predicted molar refractivity (Wildman–Crippen MR) is 85.0 cm³/mol. The number of carbonyl (C=O) groups is 2. The minimum atomic E-state index is -6.19. The first-order chi connectivity index (χ1) is 12.3. The van der Waals surface area contributed by atoms with Crippen molar-refractivity contribution in [1.29, 1.82) is 0 Å². The zero-order valence-corrected chi connectivity index (χ0v) is 14.6. The Balaban J connectivity index is 2.10. The molecule has 1 N–H and O–H groups in total. The predicted octanol–water partition coefficient (Wildman–Crippen LogP) is 1.59. The standard InChI is InChI=1S/C15H8F3NO6S2/c16-15(17,18)27(24,25)19-26(22,23)8-5-6-11-12(7-8)14(21)10-4-2-1-3-9(10)13(11)20/h1-7,19H. The normalized spacial score (nSPS) is 14.6. The van der Waals surface area contributed by atoms with Crippen molar-refractivity contribution in [2.45, 2.75) is 10.4 Å². The van der Waals surface area contributed by atoms with Gasteiger partial charge in [-0.3, -0.25) is 9.59 Å². The van der Waals surface area contributed by atoms with Crippen LogP contribution in [0.5, 0.6) is 0 Å². The maximum atomic E-state index is 12.5. The molecule has 2 aromatic carbocycles. The van der Waals surface area contributed by atoms with Crippen molar-refractivity contribution in [1.82, 2.24) is 4.13 Å². The molecule has 0 bridgehead atoms. The second-order valence-electron chi connectivity index (χ2n) is 5.45. The number of alkyl halides is 3. The molecule has 142 valence electrons. The quantitative estimate of drug-likeness (QED) is 0.690. The SMILES string of the molecule is O=C1c2ccccc2C(=O)c2cc(S(=O)(=O)NS(=O)(=O)C(F)(F)F)ccc21. The lowest BCUT2D eigenvalue weighted by atomic mass is 9.84. The van der Waals surface area contributed by atoms with E-state index < -0.39 is 42.0 Å². The maximum absolute atomic E-state index is 12.5. The molecule has 0 aliphatic heterocycles. The summed E-state index contributed by atoms with van der Waals surface area (Å²) in [7, 11) is -11.4. The van der Waals surface area contributed by atoms with Crippen LogP contribution in [0.2, 0.25) is 0 Å². The summed E-state index contributed by atoms with van der Waals surface area (Å²) < 4.78 is 84.0. The molecule has 27 heavy (non-hydrogen) atoms. The lowest BCUT2D eigenvalue weighted by Gasteiger charge is -2.18. The number of ketones is 2. The van der Waals surface area contributed by atoms with Crippen LogP contribution in [0.1, 0.15) is 31.8 Å². The van der Waals surface area contributed by atoms with Crippen LogP contribution in [-0.4, -0.2) is 33.9 Å². The van der Waals surface area contributed by atoms with Gasteiger partial charge in [0.1, 0.15) is 0 Å². The molecule has 2 aromatic rings. The van der Waals surface area contributed by atoms with Crippen molar-refractivity contribution in [3.63, 3.8) is 0 Å². The molecule has 0 radical (unpaired) electrons. The van der Waals surface area contributed by atoms with Crippen LogP contribution in [0, 0.1) is 0 Å². The number of sulfonamides is 2. The lowest BCUT2D eigenvalue weighted by Crippen LogP contribution is -2.40. The van der Waals surface area contributed by atoms with Gasteiger partial charge < -0.3 is 0 Å². The van der Waals surface area contributed by atoms with Crippen LogP contribution >= 0.6 is 0 Å². The zero-order chi connectivity index (χ0) is 20.2. The van der Waals surface area contributed by atoms with E-state index in [2.05, 4.69) is 0 Å². The van der Waals surface area contributed by atoms with E-state index >= 15 is 0 Å². The smallest absolute Gasteiger partial charge is 0.289 e. The number of benzene rings is 2. The highest BCUT2D eigenvalue weighted by molar-refractivity contribution is 8.05. The molecule has 12 heteroatoms. The van der Waals surface area contributed by atoms with Gasteiger partial charge in [0.2, 0.25) is 0 Å². The Kier molecular flexibility index (Phi) is 4.25. The number of carbonyl (C=O) groups excluding carboxylic acids is 2. The largest absolute Gasteiger partial charge is 0.512 e. The summed E-state index contributed by atoms with van der Waals surface area (Å²) in [5.41, 5.74) is -6.25. The van der Waals surface area contributed by atoms with E-state index in [0.717, 1.165) is 12.1 Å². The van der Waals surface area contributed by atoms with Crippen molar-refractivity contribution >= 4 is 31.6 Å². The Labute approximate surface area is 150 Å². The highest BCUT2D eigenvalue weighted by Gasteiger charge is 2.48. The number of hydrogen-bond acceptors (Lipinski definition) is 6. The van der Waals surface area contributed by atoms with E-state index in [1.165, 1.54) is 24.3 Å². The van der Waals surface area contributed by atoms with Gasteiger partial charge in [-0.2, -0.15) is 13.2 Å². The highest BCUT2D eigenvalue weighted by Crippen LogP contribution is 2.29. The van der Waals surface area contributed by atoms with E-state index in [9.17, 15) is 39.6 Å². The first-order valence-corrected chi connectivity index (χ1v) is 9.99. The summed E-state index contributed by atoms with van der Waals surface area (Å²) in [6, 6.07) is 8.10. The van der Waals surface area contributed by atoms with E-state index in [1.807, 2.05) is 0 Å². The average molecular weight is 419 g/mol. The van der Waals surface area contributed by atoms with Crippen molar-refractivity contribution in [2.75, 3.05) is 0 Å². The van der Waals surface area contributed by atoms with E-state index in [1.54, 1.807) is 0 Å². The monoisotopic (exact) mass is 419 g/mol. The molecular formula is C15H8F3NO6S2. The molecule has 7 nitrogen and oxygen atoms in total. The minimum absolute atomic E-state index is 0.000389. The van der Waals surface area contributed by atoms with Crippen LogP contribution in [0.3, 0.4) is 0 Å². The first kappa shape index (κ1) is 19.2. The number of rotatable bonds is 3. The van der Waals surface area contributed by atoms with Crippen LogP contribution in [0.25, 0.3) is 0 Å². The van der Waals surface area contributed by atoms with Crippen LogP contribution in [0.15, 0.2) is 47.4 Å². The number of hydrogen-bond donors (Lipinski definition) is 1. The molecule has 0 saturated heterocycles. The maximum Gasteiger partial charge on any atom is 0.512 e. The minimum Gasteiger partial charge on any atom is -0.289 e. The summed E-state index contributed by atoms with van der Waals surface area (Å²) >= 11 is 0. The summed E-state index contributed by atoms with van der Waals surface area (Å²) in [4.78, 5) is 24.0. The highest BCUT2D eigenvalue weighted by atomic mass is 32.3. The van der Waals surface area contributed by atoms with Gasteiger partial charge in [-0.25, -0.2) is 16.8 Å². The van der Waals surface area contributed by atoms with Gasteiger partial charge in [0.25, 0.3) is 10.0 Å². The molecule has 0 amide bonds. The second kappa shape index (κ2) is 5.97. The van der Waals surface area contributed by atoms with Crippen molar-refractivity contribution < 1.29 is 39.6 Å². The molecule has 0 unspecified atom stereocenters. The van der Waals surface area contributed by atoms with Gasteiger partial charge in [-0.05, 0) is 18.2 Å². The van der Waals surface area contributed by atoms with Gasteiger partial charge in [0.05, 0.1) is 4.90 Å². The van der Waals surface area contributed by atoms with Crippen LogP contribution in [-0.2, 0) is 20.0 Å². The van der Waals surface area contributed by atoms with Gasteiger partial charge in [0, 0.05) is 22.3 Å². The van der Waals surface area contributed by atoms with E-state index in [0.29, 0.717) is 10.2 Å². The Hall–Kier alpha value is -2.57. The molecule has 3 rings (SSSR count). The molecule has 0 spiro atoms. The third-order valence-electron chi connectivity index (χ3n) is 3.73. The number of nitrogens with one attached hydrogen (secondary N) is 1. The van der Waals surface area contributed by atoms with Gasteiger partial charge in [-0.15, -0.1) is 0 Å². The van der Waals surface area contributed by atoms with Crippen LogP contribution < -0.4 is 4.13 Å². The second-order valence-corrected chi connectivity index (χ2v) is 9.06. The van der Waals surface area contributed by atoms with Crippen molar-refractivity contribution in [3.8, 4) is 0 Å². The summed E-state index contributed by atoms with van der Waals surface area (Å²) in [6.07, 6.45) is 0. The van der Waals surface area contributed by atoms with Gasteiger partial charge in [-0.1, -0.05) is 28.4 Å². The average Bonchev–Trinajstić information content (AvgIpc) is 2.57. The Morgan fingerprint density at radius 2 is 1.22 bits per heavy atom. The third kappa shape index (κ3) is 3.15. The Bertz CT molecular complexity index is 1200. The molecule has 1 aliphatic rings. The van der Waals surface area contributed by atoms with Crippen molar-refractivity contribution in [2.24, 2.45) is 0 Å². The Morgan fingerprint density at radius 3 is 1.74 bits per heavy atom. The molecule has 0 atom stereocenters. The molecule has 0 saturated carbocycles. The van der Waals surface area contributed by atoms with Crippen LogP contribution in [0.4, 0.5) is 13.2 Å². The molecule has 0 aromatic heterocycles. The fraction of sp³-hybridized carbons (Fsp3) is 0.0667. The first-order valence-electron chi connectivity index (χ1n) is 7.02. The molecular weight excluding hydrogens is 411 g/mol. The van der Waals surface area contributed by atoms with E-state index in [-0.39, 0.29) is 22.3 Å². The zero-order valence-electron chi connectivity index (χ0n) is 12.9. The third-order valence-corrected chi connectivity index (χ3v) is 6.97. The molecule has 0 fully saturated rings. The molecule has 0 heterocycles. The lowest BCUT2D eigenvalue weighted by molar-refractivity contribution is -0.0441. The van der Waals surface area contributed by atoms with Gasteiger partial charge >= 0.3 is 15.5 Å². The number of halogens is 3. The van der Waals surface area contributed by atoms with Crippen molar-refractivity contribution in [3.05, 3.63) is 64.7 Å². The summed E-state index contributed by atoms with van der Waals surface area (Å²) in [5.74, 6) is -1.28. The number of fused-ring (bicyclic) bond motifs is 2. The fourth-order valence-electron chi connectivity index (χ4n) is 2.49. The van der Waals surface area contributed by atoms with E-state index in [4.69, 9.17) is 0 Å². The topological polar surface area (TPSA) is 114 Å². The fourth-order valence-corrected chi connectivity index (χ4v) is 4.92. The molecule has 1 aliphatic carbocycles.